The summed E-state index contributed by atoms with van der Waals surface area (Å²) in [5.74, 6) is -0.170. The van der Waals surface area contributed by atoms with Gasteiger partial charge in [0.2, 0.25) is 0 Å². The summed E-state index contributed by atoms with van der Waals surface area (Å²) in [5.41, 5.74) is 6.38. The predicted octanol–water partition coefficient (Wildman–Crippen LogP) is 1.67. The summed E-state index contributed by atoms with van der Waals surface area (Å²) in [7, 11) is 1.27. The molecule has 6 nitrogen and oxygen atoms in total. The van der Waals surface area contributed by atoms with E-state index < -0.39 is 5.97 Å². The molecule has 0 saturated carbocycles. The van der Waals surface area contributed by atoms with Crippen molar-refractivity contribution in [2.24, 2.45) is 0 Å². The van der Waals surface area contributed by atoms with Gasteiger partial charge in [-0.1, -0.05) is 0 Å². The van der Waals surface area contributed by atoms with Crippen LogP contribution in [0.3, 0.4) is 0 Å². The normalized spacial score (nSPS) is 10.1. The van der Waals surface area contributed by atoms with Crippen LogP contribution in [-0.2, 0) is 4.74 Å². The van der Waals surface area contributed by atoms with Crippen molar-refractivity contribution < 1.29 is 9.53 Å². The number of pyridine rings is 1. The van der Waals surface area contributed by atoms with Crippen LogP contribution in [0.4, 0.5) is 5.82 Å². The number of anilines is 1. The summed E-state index contributed by atoms with van der Waals surface area (Å²) in [4.78, 5) is 23.6. The van der Waals surface area contributed by atoms with Crippen LogP contribution in [0.2, 0.25) is 0 Å². The summed E-state index contributed by atoms with van der Waals surface area (Å²) in [6, 6.07) is 3.59. The predicted molar refractivity (Wildman–Crippen MR) is 68.7 cm³/mol. The number of rotatable bonds is 2. The van der Waals surface area contributed by atoms with E-state index in [1.165, 1.54) is 13.3 Å². The van der Waals surface area contributed by atoms with Crippen LogP contribution < -0.4 is 5.73 Å². The molecule has 0 radical (unpaired) electrons. The van der Waals surface area contributed by atoms with Crippen LogP contribution >= 0.6 is 15.9 Å². The largest absolute Gasteiger partial charge is 0.465 e. The molecule has 2 aromatic heterocycles. The smallest absolute Gasteiger partial charge is 0.343 e. The van der Waals surface area contributed by atoms with Gasteiger partial charge in [0.15, 0.2) is 5.82 Å². The molecule has 7 heteroatoms. The van der Waals surface area contributed by atoms with Gasteiger partial charge in [-0.05, 0) is 28.1 Å². The number of halogens is 1. The number of methoxy groups -OCH3 is 1. The fourth-order valence-electron chi connectivity index (χ4n) is 1.33. The van der Waals surface area contributed by atoms with Crippen molar-refractivity contribution >= 4 is 27.7 Å². The number of esters is 1. The molecular formula is C11H9BrN4O2. The van der Waals surface area contributed by atoms with Crippen molar-refractivity contribution in [2.75, 3.05) is 12.8 Å². The lowest BCUT2D eigenvalue weighted by molar-refractivity contribution is 0.0601. The average molecular weight is 309 g/mol. The number of nitrogens with zero attached hydrogens (tertiary/aromatic N) is 3. The number of ether oxygens (including phenoxy) is 1. The number of nitrogens with two attached hydrogens (primary N) is 1. The second kappa shape index (κ2) is 5.09. The minimum atomic E-state index is -0.570. The lowest BCUT2D eigenvalue weighted by Crippen LogP contribution is -2.09. The maximum Gasteiger partial charge on any atom is 0.343 e. The second-order valence-electron chi connectivity index (χ2n) is 3.32. The Kier molecular flexibility index (Phi) is 3.52. The maximum atomic E-state index is 11.3. The summed E-state index contributed by atoms with van der Waals surface area (Å²) in [6.07, 6.45) is 2.94. The molecule has 18 heavy (non-hydrogen) atoms. The molecule has 0 spiro atoms. The third-order valence-electron chi connectivity index (χ3n) is 2.19. The van der Waals surface area contributed by atoms with E-state index in [0.717, 1.165) is 4.47 Å². The highest BCUT2D eigenvalue weighted by Gasteiger charge is 2.15. The van der Waals surface area contributed by atoms with Crippen LogP contribution in [0.25, 0.3) is 11.5 Å². The first-order valence-electron chi connectivity index (χ1n) is 4.95. The second-order valence-corrected chi connectivity index (χ2v) is 4.17. The van der Waals surface area contributed by atoms with E-state index in [-0.39, 0.29) is 11.4 Å². The van der Waals surface area contributed by atoms with Crippen LogP contribution in [0.1, 0.15) is 10.4 Å². The molecule has 92 valence electrons. The quantitative estimate of drug-likeness (QED) is 0.849. The zero-order valence-electron chi connectivity index (χ0n) is 9.42. The van der Waals surface area contributed by atoms with E-state index in [0.29, 0.717) is 11.5 Å². The average Bonchev–Trinajstić information content (AvgIpc) is 2.38. The molecule has 0 fully saturated rings. The van der Waals surface area contributed by atoms with Crippen molar-refractivity contribution in [1.82, 2.24) is 15.0 Å². The molecule has 0 unspecified atom stereocenters. The summed E-state index contributed by atoms with van der Waals surface area (Å²) < 4.78 is 5.31. The standard InChI is InChI=1S/C11H9BrN4O2/c1-18-11(17)6-5-15-10(16-9(6)13)8-7(12)3-2-4-14-8/h2-5H,1H3,(H2,13,15,16). The van der Waals surface area contributed by atoms with Crippen molar-refractivity contribution in [3.63, 3.8) is 0 Å². The molecule has 0 aliphatic heterocycles. The first-order chi connectivity index (χ1) is 8.63. The minimum Gasteiger partial charge on any atom is -0.465 e. The van der Waals surface area contributed by atoms with E-state index in [1.54, 1.807) is 12.3 Å². The molecular weight excluding hydrogens is 300 g/mol. The Morgan fingerprint density at radius 3 is 2.83 bits per heavy atom. The SMILES string of the molecule is COC(=O)c1cnc(-c2ncccc2Br)nc1N. The van der Waals surface area contributed by atoms with Gasteiger partial charge in [-0.2, -0.15) is 0 Å². The van der Waals surface area contributed by atoms with Gasteiger partial charge in [0.1, 0.15) is 17.1 Å². The Balaban J connectivity index is 2.47. The van der Waals surface area contributed by atoms with Crippen LogP contribution in [0.15, 0.2) is 29.0 Å². The number of hydrogen-bond donors (Lipinski definition) is 1. The number of hydrogen-bond acceptors (Lipinski definition) is 6. The minimum absolute atomic E-state index is 0.0596. The Labute approximate surface area is 111 Å². The number of carbonyl (C=O) groups is 1. The van der Waals surface area contributed by atoms with Gasteiger partial charge in [-0.3, -0.25) is 4.98 Å². The van der Waals surface area contributed by atoms with Gasteiger partial charge in [-0.15, -0.1) is 0 Å². The summed E-state index contributed by atoms with van der Waals surface area (Å²) in [6.45, 7) is 0. The lowest BCUT2D eigenvalue weighted by Gasteiger charge is -2.05. The Morgan fingerprint density at radius 2 is 2.22 bits per heavy atom. The summed E-state index contributed by atoms with van der Waals surface area (Å²) >= 11 is 3.34. The third kappa shape index (κ3) is 2.30. The van der Waals surface area contributed by atoms with Crippen molar-refractivity contribution in [3.8, 4) is 11.5 Å². The van der Waals surface area contributed by atoms with E-state index in [1.807, 2.05) is 6.07 Å². The van der Waals surface area contributed by atoms with Crippen LogP contribution in [-0.4, -0.2) is 28.0 Å². The molecule has 0 bridgehead atoms. The number of nitrogen functional groups attached to an aromatic ring is 1. The fourth-order valence-corrected chi connectivity index (χ4v) is 1.76. The molecule has 0 amide bonds. The molecule has 0 atom stereocenters. The third-order valence-corrected chi connectivity index (χ3v) is 2.83. The lowest BCUT2D eigenvalue weighted by atomic mass is 10.3. The van der Waals surface area contributed by atoms with Crippen molar-refractivity contribution in [3.05, 3.63) is 34.6 Å². The number of carbonyl (C=O) groups excluding carboxylic acids is 1. The van der Waals surface area contributed by atoms with Crippen LogP contribution in [0, 0.1) is 0 Å². The van der Waals surface area contributed by atoms with Gasteiger partial charge in [-0.25, -0.2) is 14.8 Å². The first kappa shape index (κ1) is 12.4. The van der Waals surface area contributed by atoms with Crippen molar-refractivity contribution in [2.45, 2.75) is 0 Å². The molecule has 0 aliphatic rings. The molecule has 0 aromatic carbocycles. The Bertz CT molecular complexity index is 603. The van der Waals surface area contributed by atoms with Gasteiger partial charge in [0.25, 0.3) is 0 Å². The molecule has 2 heterocycles. The van der Waals surface area contributed by atoms with E-state index >= 15 is 0 Å². The molecule has 2 rings (SSSR count). The maximum absolute atomic E-state index is 11.3. The first-order valence-corrected chi connectivity index (χ1v) is 5.74. The number of aromatic nitrogens is 3. The Hall–Kier alpha value is -2.02. The van der Waals surface area contributed by atoms with Gasteiger partial charge in [0.05, 0.1) is 7.11 Å². The Morgan fingerprint density at radius 1 is 1.44 bits per heavy atom. The van der Waals surface area contributed by atoms with Crippen molar-refractivity contribution in [1.29, 1.82) is 0 Å². The fraction of sp³-hybridized carbons (Fsp3) is 0.0909. The van der Waals surface area contributed by atoms with E-state index in [4.69, 9.17) is 5.73 Å². The van der Waals surface area contributed by atoms with Gasteiger partial charge in [0, 0.05) is 16.9 Å². The van der Waals surface area contributed by atoms with Crippen LogP contribution in [0.5, 0.6) is 0 Å². The zero-order chi connectivity index (χ0) is 13.1. The topological polar surface area (TPSA) is 91.0 Å². The van der Waals surface area contributed by atoms with Gasteiger partial charge < -0.3 is 10.5 Å². The summed E-state index contributed by atoms with van der Waals surface area (Å²) in [5, 5.41) is 0. The molecule has 0 aliphatic carbocycles. The highest BCUT2D eigenvalue weighted by atomic mass is 79.9. The van der Waals surface area contributed by atoms with E-state index in [2.05, 4.69) is 35.6 Å². The zero-order valence-corrected chi connectivity index (χ0v) is 11.0. The highest BCUT2D eigenvalue weighted by Crippen LogP contribution is 2.23. The molecule has 2 aromatic rings. The molecule has 2 N–H and O–H groups in total. The monoisotopic (exact) mass is 308 g/mol. The van der Waals surface area contributed by atoms with Gasteiger partial charge >= 0.3 is 5.97 Å². The van der Waals surface area contributed by atoms with E-state index in [9.17, 15) is 4.79 Å². The molecule has 0 saturated heterocycles. The highest BCUT2D eigenvalue weighted by molar-refractivity contribution is 9.10.